The van der Waals surface area contributed by atoms with Crippen molar-refractivity contribution in [3.63, 3.8) is 0 Å². The maximum absolute atomic E-state index is 10.3. The highest BCUT2D eigenvalue weighted by Gasteiger charge is 2.07. The van der Waals surface area contributed by atoms with Crippen LogP contribution >= 0.6 is 0 Å². The van der Waals surface area contributed by atoms with Gasteiger partial charge in [-0.25, -0.2) is 0 Å². The number of rotatable bonds is 4. The van der Waals surface area contributed by atoms with Crippen LogP contribution < -0.4 is 10.4 Å². The van der Waals surface area contributed by atoms with Crippen LogP contribution in [0.4, 0.5) is 0 Å². The molecule has 0 saturated carbocycles. The second-order valence-electron chi connectivity index (χ2n) is 2.79. The molecule has 1 atom stereocenters. The predicted octanol–water partition coefficient (Wildman–Crippen LogP) is -0.630. The number of nitrogens with one attached hydrogen (secondary N) is 1. The Balaban J connectivity index is 3.72. The van der Waals surface area contributed by atoms with Gasteiger partial charge in [0.1, 0.15) is 0 Å². The van der Waals surface area contributed by atoms with Crippen LogP contribution in [0.2, 0.25) is 0 Å². The van der Waals surface area contributed by atoms with Gasteiger partial charge in [0.15, 0.2) is 0 Å². The molecule has 3 nitrogen and oxygen atoms in total. The van der Waals surface area contributed by atoms with Gasteiger partial charge in [0.05, 0.1) is 5.97 Å². The monoisotopic (exact) mass is 144 g/mol. The van der Waals surface area contributed by atoms with E-state index < -0.39 is 12.0 Å². The van der Waals surface area contributed by atoms with Gasteiger partial charge in [-0.1, -0.05) is 13.8 Å². The Kier molecular flexibility index (Phi) is 4.03. The normalized spacial score (nSPS) is 13.6. The van der Waals surface area contributed by atoms with E-state index in [0.29, 0.717) is 12.3 Å². The highest BCUT2D eigenvalue weighted by molar-refractivity contribution is 5.71. The first-order valence-electron chi connectivity index (χ1n) is 3.46. The van der Waals surface area contributed by atoms with Gasteiger partial charge < -0.3 is 15.2 Å². The second kappa shape index (κ2) is 4.28. The highest BCUT2D eigenvalue weighted by Crippen LogP contribution is 2.02. The van der Waals surface area contributed by atoms with E-state index >= 15 is 0 Å². The number of hydrogen-bond acceptors (Lipinski definition) is 3. The third-order valence-electron chi connectivity index (χ3n) is 1.34. The molecule has 10 heavy (non-hydrogen) atoms. The Morgan fingerprint density at radius 2 is 2.10 bits per heavy atom. The van der Waals surface area contributed by atoms with Crippen molar-refractivity contribution in [2.75, 3.05) is 7.05 Å². The van der Waals surface area contributed by atoms with Crippen molar-refractivity contribution in [1.29, 1.82) is 0 Å². The lowest BCUT2D eigenvalue weighted by atomic mass is 10.0. The van der Waals surface area contributed by atoms with E-state index in [1.165, 1.54) is 0 Å². The maximum Gasteiger partial charge on any atom is 0.0584 e. The second-order valence-corrected chi connectivity index (χ2v) is 2.79. The number of carbonyl (C=O) groups is 1. The van der Waals surface area contributed by atoms with E-state index in [9.17, 15) is 9.90 Å². The molecule has 0 bridgehead atoms. The van der Waals surface area contributed by atoms with E-state index in [2.05, 4.69) is 5.32 Å². The zero-order valence-corrected chi connectivity index (χ0v) is 6.68. The summed E-state index contributed by atoms with van der Waals surface area (Å²) in [5.41, 5.74) is 0. The van der Waals surface area contributed by atoms with Gasteiger partial charge in [0, 0.05) is 6.04 Å². The van der Waals surface area contributed by atoms with Crippen LogP contribution in [0.3, 0.4) is 0 Å². The minimum atomic E-state index is -1.02. The minimum absolute atomic E-state index is 0.385. The quantitative estimate of drug-likeness (QED) is 0.571. The molecule has 0 aromatic carbocycles. The number of hydrogen-bond donors (Lipinski definition) is 1. The van der Waals surface area contributed by atoms with E-state index in [1.54, 1.807) is 7.05 Å². The minimum Gasteiger partial charge on any atom is -0.548 e. The number of carboxylic acids is 1. The lowest BCUT2D eigenvalue weighted by Crippen LogP contribution is -2.44. The van der Waals surface area contributed by atoms with E-state index in [1.807, 2.05) is 13.8 Å². The van der Waals surface area contributed by atoms with Crippen LogP contribution in [0.5, 0.6) is 0 Å². The summed E-state index contributed by atoms with van der Waals surface area (Å²) in [5, 5.41) is 13.0. The van der Waals surface area contributed by atoms with Crippen molar-refractivity contribution in [2.24, 2.45) is 5.92 Å². The molecule has 0 fully saturated rings. The number of aliphatic carboxylic acids is 1. The summed E-state index contributed by atoms with van der Waals surface area (Å²) in [6.07, 6.45) is 0.624. The molecule has 0 aliphatic heterocycles. The topological polar surface area (TPSA) is 52.2 Å². The highest BCUT2D eigenvalue weighted by atomic mass is 16.4. The zero-order valence-electron chi connectivity index (χ0n) is 6.68. The molecule has 1 N–H and O–H groups in total. The molecule has 0 spiro atoms. The first-order valence-corrected chi connectivity index (χ1v) is 3.46. The van der Waals surface area contributed by atoms with Crippen molar-refractivity contribution in [3.8, 4) is 0 Å². The molecule has 0 saturated heterocycles. The summed E-state index contributed by atoms with van der Waals surface area (Å²) in [5.74, 6) is -0.633. The van der Waals surface area contributed by atoms with Crippen molar-refractivity contribution >= 4 is 5.97 Å². The zero-order chi connectivity index (χ0) is 8.15. The summed E-state index contributed by atoms with van der Waals surface area (Å²) in [4.78, 5) is 10.3. The number of carboxylic acid groups (broad SMARTS) is 1. The van der Waals surface area contributed by atoms with Gasteiger partial charge >= 0.3 is 0 Å². The van der Waals surface area contributed by atoms with Crippen molar-refractivity contribution in [2.45, 2.75) is 26.3 Å². The summed E-state index contributed by atoms with van der Waals surface area (Å²) in [7, 11) is 1.63. The third kappa shape index (κ3) is 3.45. The van der Waals surface area contributed by atoms with E-state index in [-0.39, 0.29) is 0 Å². The fourth-order valence-electron chi connectivity index (χ4n) is 0.803. The van der Waals surface area contributed by atoms with E-state index in [0.717, 1.165) is 0 Å². The lowest BCUT2D eigenvalue weighted by molar-refractivity contribution is -0.308. The molecule has 60 valence electrons. The lowest BCUT2D eigenvalue weighted by Gasteiger charge is -2.18. The smallest absolute Gasteiger partial charge is 0.0584 e. The van der Waals surface area contributed by atoms with Crippen molar-refractivity contribution in [1.82, 2.24) is 5.32 Å². The Hall–Kier alpha value is -0.570. The molecule has 0 aromatic heterocycles. The first kappa shape index (κ1) is 9.43. The Bertz CT molecular complexity index is 112. The largest absolute Gasteiger partial charge is 0.548 e. The Morgan fingerprint density at radius 1 is 1.60 bits per heavy atom. The summed E-state index contributed by atoms with van der Waals surface area (Å²) >= 11 is 0. The molecule has 0 radical (unpaired) electrons. The Morgan fingerprint density at radius 3 is 2.20 bits per heavy atom. The molecule has 0 aliphatic carbocycles. The van der Waals surface area contributed by atoms with Gasteiger partial charge in [-0.05, 0) is 19.4 Å². The van der Waals surface area contributed by atoms with Gasteiger partial charge in [-0.3, -0.25) is 0 Å². The van der Waals surface area contributed by atoms with Crippen LogP contribution in [0.15, 0.2) is 0 Å². The molecule has 0 aliphatic rings. The Labute approximate surface area is 61.4 Å². The molecular formula is C7H14NO2-. The van der Waals surface area contributed by atoms with Gasteiger partial charge in [-0.2, -0.15) is 0 Å². The summed E-state index contributed by atoms with van der Waals surface area (Å²) in [6.45, 7) is 3.96. The molecule has 0 rings (SSSR count). The van der Waals surface area contributed by atoms with Gasteiger partial charge in [-0.15, -0.1) is 0 Å². The number of carbonyl (C=O) groups excluding carboxylic acids is 1. The molecule has 3 heteroatoms. The molecule has 0 aromatic rings. The van der Waals surface area contributed by atoms with Gasteiger partial charge in [0.25, 0.3) is 0 Å². The first-order chi connectivity index (χ1) is 4.57. The average Bonchev–Trinajstić information content (AvgIpc) is 1.81. The average molecular weight is 144 g/mol. The molecule has 0 heterocycles. The van der Waals surface area contributed by atoms with Crippen LogP contribution in [-0.2, 0) is 4.79 Å². The predicted molar refractivity (Wildman–Crippen MR) is 37.3 cm³/mol. The number of likely N-dealkylation sites (N-methyl/N-ethyl adjacent to an activating group) is 1. The van der Waals surface area contributed by atoms with Crippen LogP contribution in [0.1, 0.15) is 20.3 Å². The van der Waals surface area contributed by atoms with Crippen LogP contribution in [0, 0.1) is 5.92 Å². The molecule has 0 amide bonds. The van der Waals surface area contributed by atoms with Crippen LogP contribution in [-0.4, -0.2) is 19.1 Å². The summed E-state index contributed by atoms with van der Waals surface area (Å²) < 4.78 is 0. The van der Waals surface area contributed by atoms with Crippen molar-refractivity contribution in [3.05, 3.63) is 0 Å². The maximum atomic E-state index is 10.3. The fourth-order valence-corrected chi connectivity index (χ4v) is 0.803. The third-order valence-corrected chi connectivity index (χ3v) is 1.34. The standard InChI is InChI=1S/C7H15NO2/c1-5(2)4-6(8-3)7(9)10/h5-6,8H,4H2,1-3H3,(H,9,10)/p-1/t6-/m0/s1. The molecular weight excluding hydrogens is 130 g/mol. The fraction of sp³-hybridized carbons (Fsp3) is 0.857. The molecule has 0 unspecified atom stereocenters. The summed E-state index contributed by atoms with van der Waals surface area (Å²) in [6, 6.07) is -0.500. The van der Waals surface area contributed by atoms with Gasteiger partial charge in [0.2, 0.25) is 0 Å². The van der Waals surface area contributed by atoms with E-state index in [4.69, 9.17) is 0 Å². The van der Waals surface area contributed by atoms with Crippen molar-refractivity contribution < 1.29 is 9.90 Å². The SMILES string of the molecule is CN[C@@H](CC(C)C)C(=O)[O-]. The van der Waals surface area contributed by atoms with Crippen LogP contribution in [0.25, 0.3) is 0 Å².